The minimum absolute atomic E-state index is 0.0147. The van der Waals surface area contributed by atoms with Crippen LogP contribution in [0.15, 0.2) is 54.7 Å². The monoisotopic (exact) mass is 448 g/mol. The number of alkyl halides is 3. The van der Waals surface area contributed by atoms with Crippen molar-refractivity contribution in [2.45, 2.75) is 6.18 Å². The van der Waals surface area contributed by atoms with Gasteiger partial charge in [0.1, 0.15) is 18.2 Å². The Bertz CT molecular complexity index is 1270. The van der Waals surface area contributed by atoms with Crippen molar-refractivity contribution in [3.05, 3.63) is 71.9 Å². The highest BCUT2D eigenvalue weighted by atomic mass is 19.4. The zero-order valence-electron chi connectivity index (χ0n) is 16.0. The lowest BCUT2D eigenvalue weighted by Crippen LogP contribution is -2.33. The molecule has 0 saturated heterocycles. The lowest BCUT2D eigenvalue weighted by molar-refractivity contribution is -0.123. The summed E-state index contributed by atoms with van der Waals surface area (Å²) in [5.74, 6) is -2.70. The molecule has 1 amide bonds. The molecule has 4 rings (SSSR count). The molecule has 0 spiro atoms. The number of halogens is 5. The van der Waals surface area contributed by atoms with E-state index in [4.69, 9.17) is 0 Å². The van der Waals surface area contributed by atoms with E-state index in [0.29, 0.717) is 5.69 Å². The van der Waals surface area contributed by atoms with Gasteiger partial charge in [0.2, 0.25) is 5.95 Å². The number of hydrogen-bond acceptors (Lipinski definition) is 5. The van der Waals surface area contributed by atoms with Gasteiger partial charge in [-0.3, -0.25) is 4.79 Å². The summed E-state index contributed by atoms with van der Waals surface area (Å²) in [6, 6.07) is 10.4. The Hall–Kier alpha value is -4.09. The van der Waals surface area contributed by atoms with Crippen LogP contribution in [-0.2, 0) is 0 Å². The Labute approximate surface area is 176 Å². The van der Waals surface area contributed by atoms with Crippen LogP contribution in [0.5, 0.6) is 0 Å². The predicted molar refractivity (Wildman–Crippen MR) is 104 cm³/mol. The summed E-state index contributed by atoms with van der Waals surface area (Å²) in [4.78, 5) is 20.1. The number of amides is 1. The van der Waals surface area contributed by atoms with Gasteiger partial charge in [0, 0.05) is 17.3 Å². The summed E-state index contributed by atoms with van der Waals surface area (Å²) >= 11 is 0. The highest BCUT2D eigenvalue weighted by Crippen LogP contribution is 2.25. The molecule has 164 valence electrons. The number of fused-ring (bicyclic) bond motifs is 1. The maximum absolute atomic E-state index is 14.2. The summed E-state index contributed by atoms with van der Waals surface area (Å²) < 4.78 is 66.5. The van der Waals surface area contributed by atoms with Crippen LogP contribution in [0.1, 0.15) is 10.4 Å². The fraction of sp³-hybridized carbons (Fsp3) is 0.100. The number of benzene rings is 2. The maximum atomic E-state index is 14.2. The number of hydrogen-bond donors (Lipinski definition) is 2. The van der Waals surface area contributed by atoms with Gasteiger partial charge < -0.3 is 10.6 Å². The van der Waals surface area contributed by atoms with Gasteiger partial charge in [0.25, 0.3) is 5.91 Å². The van der Waals surface area contributed by atoms with Gasteiger partial charge in [-0.25, -0.2) is 13.8 Å². The minimum Gasteiger partial charge on any atom is -0.343 e. The molecule has 32 heavy (non-hydrogen) atoms. The standard InChI is InChI=1S/C20H13F5N6O/c21-13-2-1-3-14(22)16(13)17-29-15-8-9-27-31(15)19(30-17)28-12-6-4-11(5-7-12)18(32)26-10-20(23,24)25/h1-9H,10H2,(H,26,32)(H,28,29,30). The quantitative estimate of drug-likeness (QED) is 0.449. The van der Waals surface area contributed by atoms with Crippen molar-refractivity contribution in [2.75, 3.05) is 11.9 Å². The van der Waals surface area contributed by atoms with Gasteiger partial charge in [-0.2, -0.15) is 27.8 Å². The Kier molecular flexibility index (Phi) is 5.43. The van der Waals surface area contributed by atoms with Gasteiger partial charge in [-0.05, 0) is 36.4 Å². The third-order valence-corrected chi connectivity index (χ3v) is 4.29. The van der Waals surface area contributed by atoms with Crippen LogP contribution in [0.4, 0.5) is 33.6 Å². The lowest BCUT2D eigenvalue weighted by Gasteiger charge is -2.11. The third kappa shape index (κ3) is 4.48. The Balaban J connectivity index is 1.62. The van der Waals surface area contributed by atoms with E-state index in [9.17, 15) is 26.7 Å². The molecule has 2 aromatic heterocycles. The van der Waals surface area contributed by atoms with Crippen LogP contribution in [-0.4, -0.2) is 38.2 Å². The Morgan fingerprint density at radius 2 is 1.66 bits per heavy atom. The Morgan fingerprint density at radius 1 is 0.969 bits per heavy atom. The topological polar surface area (TPSA) is 84.2 Å². The van der Waals surface area contributed by atoms with Crippen molar-refractivity contribution < 1.29 is 26.7 Å². The van der Waals surface area contributed by atoms with Crippen LogP contribution in [0.2, 0.25) is 0 Å². The number of carbonyl (C=O) groups is 1. The summed E-state index contributed by atoms with van der Waals surface area (Å²) in [7, 11) is 0. The second-order valence-electron chi connectivity index (χ2n) is 6.57. The van der Waals surface area contributed by atoms with Crippen LogP contribution >= 0.6 is 0 Å². The van der Waals surface area contributed by atoms with Crippen molar-refractivity contribution >= 4 is 23.2 Å². The van der Waals surface area contributed by atoms with Gasteiger partial charge in [-0.1, -0.05) is 6.07 Å². The SMILES string of the molecule is O=C(NCC(F)(F)F)c1ccc(Nc2nc(-c3c(F)cccc3F)nc3ccnn23)cc1. The molecule has 0 atom stereocenters. The second-order valence-corrected chi connectivity index (χ2v) is 6.57. The van der Waals surface area contributed by atoms with E-state index in [-0.39, 0.29) is 23.0 Å². The van der Waals surface area contributed by atoms with Gasteiger partial charge in [-0.15, -0.1) is 0 Å². The van der Waals surface area contributed by atoms with E-state index < -0.39 is 35.8 Å². The number of aromatic nitrogens is 4. The Morgan fingerprint density at radius 3 is 2.31 bits per heavy atom. The van der Waals surface area contributed by atoms with Crippen molar-refractivity contribution in [3.63, 3.8) is 0 Å². The molecule has 0 bridgehead atoms. The number of nitrogens with one attached hydrogen (secondary N) is 2. The molecule has 0 saturated carbocycles. The molecule has 7 nitrogen and oxygen atoms in total. The van der Waals surface area contributed by atoms with Crippen molar-refractivity contribution in [3.8, 4) is 11.4 Å². The van der Waals surface area contributed by atoms with Crippen LogP contribution in [0.25, 0.3) is 17.0 Å². The van der Waals surface area contributed by atoms with Crippen molar-refractivity contribution in [1.29, 1.82) is 0 Å². The second kappa shape index (κ2) is 8.21. The van der Waals surface area contributed by atoms with Gasteiger partial charge >= 0.3 is 6.18 Å². The first-order chi connectivity index (χ1) is 15.2. The molecule has 12 heteroatoms. The number of anilines is 2. The number of rotatable bonds is 5. The molecule has 2 heterocycles. The molecule has 0 aliphatic rings. The predicted octanol–water partition coefficient (Wildman–Crippen LogP) is 4.11. The summed E-state index contributed by atoms with van der Waals surface area (Å²) in [5, 5.41) is 8.73. The average Bonchev–Trinajstić information content (AvgIpc) is 3.21. The summed E-state index contributed by atoms with van der Waals surface area (Å²) in [6.07, 6.45) is -3.10. The maximum Gasteiger partial charge on any atom is 0.405 e. The van der Waals surface area contributed by atoms with E-state index in [1.165, 1.54) is 47.1 Å². The number of nitrogens with zero attached hydrogens (tertiary/aromatic N) is 4. The molecule has 2 aromatic carbocycles. The smallest absolute Gasteiger partial charge is 0.343 e. The first-order valence-corrected chi connectivity index (χ1v) is 9.09. The first kappa shape index (κ1) is 21.2. The fourth-order valence-corrected chi connectivity index (χ4v) is 2.85. The molecule has 0 radical (unpaired) electrons. The average molecular weight is 448 g/mol. The summed E-state index contributed by atoms with van der Waals surface area (Å²) in [6.45, 7) is -1.45. The largest absolute Gasteiger partial charge is 0.405 e. The van der Waals surface area contributed by atoms with E-state index >= 15 is 0 Å². The molecule has 0 unspecified atom stereocenters. The highest BCUT2D eigenvalue weighted by Gasteiger charge is 2.27. The molecular weight excluding hydrogens is 435 g/mol. The molecule has 2 N–H and O–H groups in total. The van der Waals surface area contributed by atoms with E-state index in [2.05, 4.69) is 20.4 Å². The molecule has 0 aliphatic carbocycles. The third-order valence-electron chi connectivity index (χ3n) is 4.29. The van der Waals surface area contributed by atoms with Crippen molar-refractivity contribution in [2.24, 2.45) is 0 Å². The lowest BCUT2D eigenvalue weighted by atomic mass is 10.2. The summed E-state index contributed by atoms with van der Waals surface area (Å²) in [5.41, 5.74) is 0.271. The minimum atomic E-state index is -4.52. The van der Waals surface area contributed by atoms with Crippen LogP contribution in [0, 0.1) is 11.6 Å². The fourth-order valence-electron chi connectivity index (χ4n) is 2.85. The van der Waals surface area contributed by atoms with Crippen LogP contribution < -0.4 is 10.6 Å². The van der Waals surface area contributed by atoms with E-state index in [0.717, 1.165) is 12.1 Å². The molecule has 0 aliphatic heterocycles. The molecule has 0 fully saturated rings. The van der Waals surface area contributed by atoms with E-state index in [1.54, 1.807) is 5.32 Å². The van der Waals surface area contributed by atoms with Crippen molar-refractivity contribution in [1.82, 2.24) is 24.9 Å². The van der Waals surface area contributed by atoms with E-state index in [1.807, 2.05) is 0 Å². The van der Waals surface area contributed by atoms with Gasteiger partial charge in [0.15, 0.2) is 11.5 Å². The van der Waals surface area contributed by atoms with Gasteiger partial charge in [0.05, 0.1) is 11.8 Å². The zero-order valence-corrected chi connectivity index (χ0v) is 16.0. The zero-order chi connectivity index (χ0) is 22.9. The normalized spacial score (nSPS) is 11.5. The highest BCUT2D eigenvalue weighted by molar-refractivity contribution is 5.94. The molecular formula is C20H13F5N6O. The first-order valence-electron chi connectivity index (χ1n) is 9.09. The molecule has 4 aromatic rings. The number of carbonyl (C=O) groups excluding carboxylic acids is 1. The van der Waals surface area contributed by atoms with Crippen LogP contribution in [0.3, 0.4) is 0 Å².